The largest absolute Gasteiger partial charge is 0.486 e. The molecule has 0 aliphatic carbocycles. The first-order valence-electron chi connectivity index (χ1n) is 4.30. The number of hydrogen-bond acceptors (Lipinski definition) is 3. The van der Waals surface area contributed by atoms with Crippen LogP contribution in [0.5, 0.6) is 5.75 Å². The van der Waals surface area contributed by atoms with Crippen LogP contribution < -0.4 is 10.5 Å². The predicted molar refractivity (Wildman–Crippen MR) is 64.7 cm³/mol. The number of nitrogens with zero attached hydrogens (tertiary/aromatic N) is 1. The summed E-state index contributed by atoms with van der Waals surface area (Å²) in [4.78, 5) is 0. The molecule has 0 bridgehead atoms. The molecule has 0 aliphatic heterocycles. The molecule has 0 spiro atoms. The first-order valence-corrected chi connectivity index (χ1v) is 5.06. The second-order valence-corrected chi connectivity index (χ2v) is 3.67. The maximum absolute atomic E-state index is 8.51. The van der Waals surface area contributed by atoms with Gasteiger partial charge in [0.25, 0.3) is 0 Å². The van der Waals surface area contributed by atoms with Crippen LogP contribution in [0, 0.1) is 0 Å². The molecule has 4 nitrogen and oxygen atoms in total. The molecule has 1 aromatic carbocycles. The molecular formula is C10H10Cl2N2O2. The van der Waals surface area contributed by atoms with Crippen LogP contribution >= 0.6 is 23.2 Å². The van der Waals surface area contributed by atoms with E-state index in [0.29, 0.717) is 17.9 Å². The lowest BCUT2D eigenvalue weighted by Gasteiger charge is -2.09. The average Bonchev–Trinajstić information content (AvgIpc) is 2.26. The Hall–Kier alpha value is -1.39. The minimum atomic E-state index is -0.0703. The van der Waals surface area contributed by atoms with Crippen LogP contribution in [0.3, 0.4) is 0 Å². The summed E-state index contributed by atoms with van der Waals surface area (Å²) in [6, 6.07) is 3.00. The molecule has 0 radical (unpaired) electrons. The molecule has 0 aromatic heterocycles. The highest BCUT2D eigenvalue weighted by molar-refractivity contribution is 6.37. The van der Waals surface area contributed by atoms with E-state index in [1.54, 1.807) is 6.08 Å². The van der Waals surface area contributed by atoms with E-state index in [-0.39, 0.29) is 15.9 Å². The number of nitrogens with two attached hydrogens (primary N) is 1. The summed E-state index contributed by atoms with van der Waals surface area (Å²) in [6.07, 6.45) is 1.57. The number of benzene rings is 1. The lowest BCUT2D eigenvalue weighted by Crippen LogP contribution is -2.13. The summed E-state index contributed by atoms with van der Waals surface area (Å²) in [5.74, 6) is 0.275. The Kier molecular flexibility index (Phi) is 4.46. The number of ether oxygens (including phenoxy) is 1. The fraction of sp³-hybridized carbons (Fsp3) is 0.100. The zero-order valence-electron chi connectivity index (χ0n) is 8.28. The van der Waals surface area contributed by atoms with Crippen molar-refractivity contribution in [3.05, 3.63) is 40.4 Å². The van der Waals surface area contributed by atoms with Gasteiger partial charge in [0.05, 0.1) is 10.0 Å². The van der Waals surface area contributed by atoms with Crippen LogP contribution in [0.15, 0.2) is 29.9 Å². The fourth-order valence-corrected chi connectivity index (χ4v) is 1.64. The second kappa shape index (κ2) is 5.63. The third-order valence-corrected chi connectivity index (χ3v) is 2.31. The highest BCUT2D eigenvalue weighted by atomic mass is 35.5. The van der Waals surface area contributed by atoms with Crippen molar-refractivity contribution in [1.82, 2.24) is 0 Å². The summed E-state index contributed by atoms with van der Waals surface area (Å²) in [5, 5.41) is 11.9. The maximum Gasteiger partial charge on any atom is 0.170 e. The van der Waals surface area contributed by atoms with Crippen molar-refractivity contribution in [2.75, 3.05) is 6.61 Å². The Balaban J connectivity index is 3.12. The van der Waals surface area contributed by atoms with Crippen LogP contribution in [0.25, 0.3) is 0 Å². The predicted octanol–water partition coefficient (Wildman–Crippen LogP) is 2.65. The van der Waals surface area contributed by atoms with Gasteiger partial charge in [-0.25, -0.2) is 0 Å². The van der Waals surface area contributed by atoms with Crippen molar-refractivity contribution in [3.8, 4) is 5.75 Å². The summed E-state index contributed by atoms with van der Waals surface area (Å²) in [7, 11) is 0. The van der Waals surface area contributed by atoms with Crippen molar-refractivity contribution in [3.63, 3.8) is 0 Å². The number of rotatable bonds is 4. The number of amidine groups is 1. The molecule has 86 valence electrons. The third-order valence-electron chi connectivity index (χ3n) is 1.75. The van der Waals surface area contributed by atoms with Crippen molar-refractivity contribution >= 4 is 29.0 Å². The number of oxime groups is 1. The van der Waals surface area contributed by atoms with Crippen LogP contribution in [-0.2, 0) is 0 Å². The van der Waals surface area contributed by atoms with Gasteiger partial charge in [-0.3, -0.25) is 0 Å². The van der Waals surface area contributed by atoms with Crippen LogP contribution in [0.4, 0.5) is 0 Å². The first kappa shape index (κ1) is 12.7. The topological polar surface area (TPSA) is 67.8 Å². The standard InChI is InChI=1S/C10H10Cl2N2O2/c1-2-3-16-9-7(11)4-6(5-8(9)12)10(13)14-15/h2,4-5,15H,1,3H2,(H2,13,14). The van der Waals surface area contributed by atoms with Gasteiger partial charge in [0.1, 0.15) is 6.61 Å². The second-order valence-electron chi connectivity index (χ2n) is 2.85. The van der Waals surface area contributed by atoms with E-state index >= 15 is 0 Å². The highest BCUT2D eigenvalue weighted by Gasteiger charge is 2.11. The molecule has 3 N–H and O–H groups in total. The van der Waals surface area contributed by atoms with Gasteiger partial charge in [0, 0.05) is 5.56 Å². The number of halogens is 2. The summed E-state index contributed by atoms with van der Waals surface area (Å²) in [6.45, 7) is 3.80. The third kappa shape index (κ3) is 2.81. The van der Waals surface area contributed by atoms with Gasteiger partial charge in [-0.2, -0.15) is 0 Å². The zero-order valence-corrected chi connectivity index (χ0v) is 9.79. The Bertz CT molecular complexity index is 410. The van der Waals surface area contributed by atoms with Crippen molar-refractivity contribution in [2.24, 2.45) is 10.9 Å². The molecule has 0 atom stereocenters. The number of hydrogen-bond donors (Lipinski definition) is 2. The molecule has 0 amide bonds. The average molecular weight is 261 g/mol. The van der Waals surface area contributed by atoms with Gasteiger partial charge in [-0.1, -0.05) is 41.0 Å². The van der Waals surface area contributed by atoms with E-state index in [1.165, 1.54) is 12.1 Å². The monoisotopic (exact) mass is 260 g/mol. The summed E-state index contributed by atoms with van der Waals surface area (Å²) >= 11 is 11.9. The van der Waals surface area contributed by atoms with E-state index in [1.807, 2.05) is 0 Å². The summed E-state index contributed by atoms with van der Waals surface area (Å²) in [5.41, 5.74) is 5.83. The normalized spacial score (nSPS) is 11.2. The molecule has 0 saturated carbocycles. The molecule has 16 heavy (non-hydrogen) atoms. The molecule has 6 heteroatoms. The molecule has 0 fully saturated rings. The minimum absolute atomic E-state index is 0.0703. The van der Waals surface area contributed by atoms with E-state index in [4.69, 9.17) is 38.9 Å². The van der Waals surface area contributed by atoms with Gasteiger partial charge < -0.3 is 15.7 Å². The van der Waals surface area contributed by atoms with Gasteiger partial charge in [-0.05, 0) is 12.1 Å². The van der Waals surface area contributed by atoms with Crippen LogP contribution in [0.1, 0.15) is 5.56 Å². The van der Waals surface area contributed by atoms with Crippen LogP contribution in [0.2, 0.25) is 10.0 Å². The van der Waals surface area contributed by atoms with E-state index in [0.717, 1.165) is 0 Å². The van der Waals surface area contributed by atoms with Crippen molar-refractivity contribution in [1.29, 1.82) is 0 Å². The molecule has 0 aliphatic rings. The van der Waals surface area contributed by atoms with E-state index in [2.05, 4.69) is 11.7 Å². The van der Waals surface area contributed by atoms with Gasteiger partial charge >= 0.3 is 0 Å². The Morgan fingerprint density at radius 3 is 2.50 bits per heavy atom. The van der Waals surface area contributed by atoms with E-state index < -0.39 is 0 Å². The first-order chi connectivity index (χ1) is 7.60. The van der Waals surface area contributed by atoms with Crippen molar-refractivity contribution in [2.45, 2.75) is 0 Å². The Morgan fingerprint density at radius 1 is 1.50 bits per heavy atom. The van der Waals surface area contributed by atoms with Gasteiger partial charge in [0.2, 0.25) is 0 Å². The Morgan fingerprint density at radius 2 is 2.06 bits per heavy atom. The van der Waals surface area contributed by atoms with Gasteiger partial charge in [-0.15, -0.1) is 0 Å². The zero-order chi connectivity index (χ0) is 12.1. The van der Waals surface area contributed by atoms with Crippen LogP contribution in [-0.4, -0.2) is 17.6 Å². The SMILES string of the molecule is C=CCOc1c(Cl)cc(C(N)=NO)cc1Cl. The smallest absolute Gasteiger partial charge is 0.170 e. The quantitative estimate of drug-likeness (QED) is 0.288. The van der Waals surface area contributed by atoms with E-state index in [9.17, 15) is 0 Å². The summed E-state index contributed by atoms with van der Waals surface area (Å²) < 4.78 is 5.26. The minimum Gasteiger partial charge on any atom is -0.486 e. The lowest BCUT2D eigenvalue weighted by molar-refractivity contribution is 0.318. The highest BCUT2D eigenvalue weighted by Crippen LogP contribution is 2.34. The van der Waals surface area contributed by atoms with Gasteiger partial charge in [0.15, 0.2) is 11.6 Å². The maximum atomic E-state index is 8.51. The molecular weight excluding hydrogens is 251 g/mol. The lowest BCUT2D eigenvalue weighted by atomic mass is 10.2. The Labute approximate surface area is 103 Å². The van der Waals surface area contributed by atoms with Crippen molar-refractivity contribution < 1.29 is 9.94 Å². The molecule has 1 rings (SSSR count). The molecule has 0 unspecified atom stereocenters. The molecule has 1 aromatic rings. The molecule has 0 saturated heterocycles. The fourth-order valence-electron chi connectivity index (χ4n) is 1.05. The molecule has 0 heterocycles.